The van der Waals surface area contributed by atoms with E-state index in [1.165, 1.54) is 12.8 Å². The summed E-state index contributed by atoms with van der Waals surface area (Å²) in [7, 11) is 3.29. The third-order valence-electron chi connectivity index (χ3n) is 3.15. The van der Waals surface area contributed by atoms with Crippen LogP contribution in [0.1, 0.15) is 25.3 Å². The fraction of sp³-hybridized carbons (Fsp3) is 0.533. The maximum atomic E-state index is 5.42. The van der Waals surface area contributed by atoms with Crippen molar-refractivity contribution in [2.45, 2.75) is 32.4 Å². The van der Waals surface area contributed by atoms with Gasteiger partial charge in [-0.05, 0) is 25.8 Å². The average Bonchev–Trinajstić information content (AvgIpc) is 3.28. The second kappa shape index (κ2) is 7.03. The Kier molecular flexibility index (Phi) is 5.09. The maximum absolute atomic E-state index is 5.42. The van der Waals surface area contributed by atoms with E-state index >= 15 is 0 Å². The number of guanidine groups is 1. The van der Waals surface area contributed by atoms with Crippen LogP contribution < -0.4 is 20.1 Å². The first kappa shape index (κ1) is 14.5. The van der Waals surface area contributed by atoms with Gasteiger partial charge >= 0.3 is 0 Å². The predicted octanol–water partition coefficient (Wildman–Crippen LogP) is 1.92. The first-order chi connectivity index (χ1) is 9.78. The fourth-order valence-corrected chi connectivity index (χ4v) is 1.98. The van der Waals surface area contributed by atoms with Crippen molar-refractivity contribution in [3.05, 3.63) is 23.8 Å². The molecule has 1 saturated carbocycles. The second-order valence-corrected chi connectivity index (χ2v) is 4.77. The molecule has 2 rings (SSSR count). The van der Waals surface area contributed by atoms with Crippen LogP contribution in [-0.2, 0) is 6.54 Å². The SMILES string of the molecule is CCNC(=NCc1cccc(OC)c1OC)NC1CC1. The molecule has 0 aliphatic heterocycles. The normalized spacial score (nSPS) is 14.8. The molecule has 20 heavy (non-hydrogen) atoms. The number of methoxy groups -OCH3 is 2. The minimum atomic E-state index is 0.558. The van der Waals surface area contributed by atoms with Crippen molar-refractivity contribution in [2.75, 3.05) is 20.8 Å². The first-order valence-electron chi connectivity index (χ1n) is 7.03. The second-order valence-electron chi connectivity index (χ2n) is 4.77. The minimum Gasteiger partial charge on any atom is -0.493 e. The number of para-hydroxylation sites is 1. The molecule has 0 aromatic heterocycles. The number of hydrogen-bond donors (Lipinski definition) is 2. The Bertz CT molecular complexity index is 470. The molecule has 5 heteroatoms. The first-order valence-corrected chi connectivity index (χ1v) is 7.03. The molecule has 0 unspecified atom stereocenters. The molecular formula is C15H23N3O2. The molecule has 0 radical (unpaired) electrons. The standard InChI is InChI=1S/C15H23N3O2/c1-4-16-15(18-12-8-9-12)17-10-11-6-5-7-13(19-2)14(11)20-3/h5-7,12H,4,8-10H2,1-3H3,(H2,16,17,18). The van der Waals surface area contributed by atoms with E-state index in [1.807, 2.05) is 18.2 Å². The summed E-state index contributed by atoms with van der Waals surface area (Å²) in [6.07, 6.45) is 2.46. The molecular weight excluding hydrogens is 254 g/mol. The number of ether oxygens (including phenoxy) is 2. The Labute approximate surface area is 120 Å². The van der Waals surface area contributed by atoms with Crippen LogP contribution in [0.5, 0.6) is 11.5 Å². The van der Waals surface area contributed by atoms with Gasteiger partial charge in [0.05, 0.1) is 20.8 Å². The zero-order chi connectivity index (χ0) is 14.4. The van der Waals surface area contributed by atoms with Crippen LogP contribution in [-0.4, -0.2) is 32.8 Å². The lowest BCUT2D eigenvalue weighted by Gasteiger charge is -2.13. The van der Waals surface area contributed by atoms with Gasteiger partial charge in [-0.15, -0.1) is 0 Å². The van der Waals surface area contributed by atoms with E-state index in [0.29, 0.717) is 12.6 Å². The van der Waals surface area contributed by atoms with E-state index in [-0.39, 0.29) is 0 Å². The molecule has 1 aromatic rings. The lowest BCUT2D eigenvalue weighted by Crippen LogP contribution is -2.38. The Morgan fingerprint density at radius 1 is 1.30 bits per heavy atom. The smallest absolute Gasteiger partial charge is 0.191 e. The van der Waals surface area contributed by atoms with E-state index in [2.05, 4.69) is 22.5 Å². The fourth-order valence-electron chi connectivity index (χ4n) is 1.98. The van der Waals surface area contributed by atoms with E-state index in [0.717, 1.165) is 29.6 Å². The molecule has 0 atom stereocenters. The van der Waals surface area contributed by atoms with E-state index < -0.39 is 0 Å². The van der Waals surface area contributed by atoms with Gasteiger partial charge in [-0.25, -0.2) is 4.99 Å². The van der Waals surface area contributed by atoms with Gasteiger partial charge in [0, 0.05) is 18.2 Å². The van der Waals surface area contributed by atoms with Crippen molar-refractivity contribution in [3.8, 4) is 11.5 Å². The van der Waals surface area contributed by atoms with Crippen LogP contribution in [0, 0.1) is 0 Å². The molecule has 0 spiro atoms. The van der Waals surface area contributed by atoms with Crippen molar-refractivity contribution in [1.29, 1.82) is 0 Å². The highest BCUT2D eigenvalue weighted by Crippen LogP contribution is 2.31. The van der Waals surface area contributed by atoms with Crippen LogP contribution >= 0.6 is 0 Å². The lowest BCUT2D eigenvalue weighted by molar-refractivity contribution is 0.352. The van der Waals surface area contributed by atoms with Crippen LogP contribution in [0.25, 0.3) is 0 Å². The van der Waals surface area contributed by atoms with Crippen molar-refractivity contribution >= 4 is 5.96 Å². The quantitative estimate of drug-likeness (QED) is 0.616. The van der Waals surface area contributed by atoms with Gasteiger partial charge in [0.15, 0.2) is 17.5 Å². The van der Waals surface area contributed by atoms with E-state index in [9.17, 15) is 0 Å². The third-order valence-corrected chi connectivity index (χ3v) is 3.15. The van der Waals surface area contributed by atoms with Gasteiger partial charge in [-0.1, -0.05) is 12.1 Å². The van der Waals surface area contributed by atoms with Crippen LogP contribution in [0.4, 0.5) is 0 Å². The number of benzene rings is 1. The largest absolute Gasteiger partial charge is 0.493 e. The van der Waals surface area contributed by atoms with Gasteiger partial charge in [0.1, 0.15) is 0 Å². The van der Waals surface area contributed by atoms with Crippen LogP contribution in [0.3, 0.4) is 0 Å². The molecule has 2 N–H and O–H groups in total. The summed E-state index contributed by atoms with van der Waals surface area (Å²) in [5.41, 5.74) is 1.01. The molecule has 1 aliphatic carbocycles. The van der Waals surface area contributed by atoms with Crippen molar-refractivity contribution < 1.29 is 9.47 Å². The summed E-state index contributed by atoms with van der Waals surface area (Å²) >= 11 is 0. The zero-order valence-electron chi connectivity index (χ0n) is 12.4. The lowest BCUT2D eigenvalue weighted by atomic mass is 10.2. The van der Waals surface area contributed by atoms with Gasteiger partial charge in [-0.2, -0.15) is 0 Å². The Morgan fingerprint density at radius 3 is 2.70 bits per heavy atom. The molecule has 110 valence electrons. The summed E-state index contributed by atoms with van der Waals surface area (Å²) < 4.78 is 10.7. The van der Waals surface area contributed by atoms with E-state index in [1.54, 1.807) is 14.2 Å². The van der Waals surface area contributed by atoms with Crippen LogP contribution in [0.15, 0.2) is 23.2 Å². The van der Waals surface area contributed by atoms with Gasteiger partial charge < -0.3 is 20.1 Å². The van der Waals surface area contributed by atoms with Gasteiger partial charge in [0.25, 0.3) is 0 Å². The summed E-state index contributed by atoms with van der Waals surface area (Å²) in [4.78, 5) is 4.61. The minimum absolute atomic E-state index is 0.558. The highest BCUT2D eigenvalue weighted by atomic mass is 16.5. The van der Waals surface area contributed by atoms with Crippen LogP contribution in [0.2, 0.25) is 0 Å². The van der Waals surface area contributed by atoms with Crippen molar-refractivity contribution in [1.82, 2.24) is 10.6 Å². The van der Waals surface area contributed by atoms with Crippen molar-refractivity contribution in [2.24, 2.45) is 4.99 Å². The van der Waals surface area contributed by atoms with Gasteiger partial charge in [0.2, 0.25) is 0 Å². The number of nitrogens with zero attached hydrogens (tertiary/aromatic N) is 1. The number of nitrogens with one attached hydrogen (secondary N) is 2. The summed E-state index contributed by atoms with van der Waals surface area (Å²) in [5, 5.41) is 6.65. The Hall–Kier alpha value is -1.91. The molecule has 1 aromatic carbocycles. The molecule has 1 fully saturated rings. The number of rotatable bonds is 6. The maximum Gasteiger partial charge on any atom is 0.191 e. The molecule has 5 nitrogen and oxygen atoms in total. The average molecular weight is 277 g/mol. The molecule has 0 heterocycles. The number of hydrogen-bond acceptors (Lipinski definition) is 3. The topological polar surface area (TPSA) is 54.9 Å². The third kappa shape index (κ3) is 3.79. The summed E-state index contributed by atoms with van der Waals surface area (Å²) in [6.45, 7) is 3.48. The molecule has 1 aliphatic rings. The molecule has 0 amide bonds. The van der Waals surface area contributed by atoms with E-state index in [4.69, 9.17) is 9.47 Å². The predicted molar refractivity (Wildman–Crippen MR) is 80.5 cm³/mol. The molecule has 0 bridgehead atoms. The van der Waals surface area contributed by atoms with Crippen molar-refractivity contribution in [3.63, 3.8) is 0 Å². The molecule has 0 saturated heterocycles. The monoisotopic (exact) mass is 277 g/mol. The zero-order valence-corrected chi connectivity index (χ0v) is 12.4. The summed E-state index contributed by atoms with van der Waals surface area (Å²) in [6, 6.07) is 6.43. The van der Waals surface area contributed by atoms with Gasteiger partial charge in [-0.3, -0.25) is 0 Å². The highest BCUT2D eigenvalue weighted by Gasteiger charge is 2.22. The highest BCUT2D eigenvalue weighted by molar-refractivity contribution is 5.80. The summed E-state index contributed by atoms with van der Waals surface area (Å²) in [5.74, 6) is 2.35. The number of aliphatic imine (C=N–C) groups is 1. The Morgan fingerprint density at radius 2 is 2.10 bits per heavy atom. The Balaban J connectivity index is 2.10.